The van der Waals surface area contributed by atoms with E-state index in [0.717, 1.165) is 29.9 Å². The smallest absolute Gasteiger partial charge is 0.256 e. The summed E-state index contributed by atoms with van der Waals surface area (Å²) < 4.78 is 1.66. The predicted molar refractivity (Wildman–Crippen MR) is 85.9 cm³/mol. The van der Waals surface area contributed by atoms with Crippen molar-refractivity contribution >= 4 is 17.4 Å². The van der Waals surface area contributed by atoms with E-state index in [-0.39, 0.29) is 5.91 Å². The van der Waals surface area contributed by atoms with Crippen LogP contribution in [0.1, 0.15) is 35.0 Å². The fourth-order valence-electron chi connectivity index (χ4n) is 2.18. The molecule has 0 aliphatic carbocycles. The van der Waals surface area contributed by atoms with Gasteiger partial charge >= 0.3 is 0 Å². The van der Waals surface area contributed by atoms with E-state index < -0.39 is 0 Å². The van der Waals surface area contributed by atoms with Crippen molar-refractivity contribution in [1.29, 1.82) is 0 Å². The van der Waals surface area contributed by atoms with Gasteiger partial charge in [-0.25, -0.2) is 0 Å². The Morgan fingerprint density at radius 2 is 2.05 bits per heavy atom. The minimum absolute atomic E-state index is 0.122. The molecule has 0 saturated carbocycles. The normalized spacial score (nSPS) is 10.5. The van der Waals surface area contributed by atoms with Gasteiger partial charge in [-0.15, -0.1) is 0 Å². The predicted octanol–water partition coefficient (Wildman–Crippen LogP) is 3.11. The second kappa shape index (κ2) is 6.43. The second-order valence-electron chi connectivity index (χ2n) is 5.21. The quantitative estimate of drug-likeness (QED) is 0.888. The second-order valence-corrected chi connectivity index (χ2v) is 5.21. The minimum Gasteiger partial charge on any atom is -0.385 e. The molecule has 2 rings (SSSR count). The van der Waals surface area contributed by atoms with Gasteiger partial charge in [-0.1, -0.05) is 6.92 Å². The van der Waals surface area contributed by atoms with Crippen molar-refractivity contribution in [3.8, 4) is 0 Å². The Morgan fingerprint density at radius 1 is 1.29 bits per heavy atom. The summed E-state index contributed by atoms with van der Waals surface area (Å²) in [5.74, 6) is 0.575. The van der Waals surface area contributed by atoms with Gasteiger partial charge in [0.05, 0.1) is 5.69 Å². The van der Waals surface area contributed by atoms with E-state index in [9.17, 15) is 4.79 Å². The van der Waals surface area contributed by atoms with Crippen LogP contribution >= 0.6 is 0 Å². The molecule has 0 spiro atoms. The van der Waals surface area contributed by atoms with Crippen LogP contribution in [0, 0.1) is 13.8 Å². The molecule has 1 heterocycles. The molecule has 1 aromatic carbocycles. The molecule has 0 radical (unpaired) electrons. The zero-order chi connectivity index (χ0) is 15.4. The third-order valence-electron chi connectivity index (χ3n) is 3.30. The number of rotatable bonds is 5. The highest BCUT2D eigenvalue weighted by atomic mass is 16.1. The van der Waals surface area contributed by atoms with Crippen molar-refractivity contribution in [2.24, 2.45) is 7.05 Å². The summed E-state index contributed by atoms with van der Waals surface area (Å²) in [4.78, 5) is 12.3. The molecule has 0 saturated heterocycles. The van der Waals surface area contributed by atoms with E-state index in [2.05, 4.69) is 22.7 Å². The number of carbonyl (C=O) groups is 1. The highest BCUT2D eigenvalue weighted by Gasteiger charge is 2.10. The summed E-state index contributed by atoms with van der Waals surface area (Å²) in [7, 11) is 1.81. The first kappa shape index (κ1) is 15.1. The molecule has 0 aliphatic heterocycles. The van der Waals surface area contributed by atoms with Crippen molar-refractivity contribution in [3.63, 3.8) is 0 Å². The number of hydrogen-bond acceptors (Lipinski definition) is 3. The molecular formula is C16H22N4O. The maximum absolute atomic E-state index is 12.3. The molecule has 0 aliphatic rings. The van der Waals surface area contributed by atoms with Gasteiger partial charge in [0, 0.05) is 30.9 Å². The van der Waals surface area contributed by atoms with Gasteiger partial charge in [0.25, 0.3) is 5.91 Å². The standard InChI is InChI=1S/C16H22N4O/c1-5-8-17-14-7-6-13(9-11(14)2)16(21)18-15-10-12(3)19-20(15)4/h6-7,9-10,17H,5,8H2,1-4H3,(H,18,21). The topological polar surface area (TPSA) is 59.0 Å². The largest absolute Gasteiger partial charge is 0.385 e. The van der Waals surface area contributed by atoms with E-state index in [1.54, 1.807) is 4.68 Å². The van der Waals surface area contributed by atoms with Crippen molar-refractivity contribution < 1.29 is 4.79 Å². The van der Waals surface area contributed by atoms with Crippen molar-refractivity contribution in [1.82, 2.24) is 9.78 Å². The monoisotopic (exact) mass is 286 g/mol. The number of hydrogen-bond donors (Lipinski definition) is 2. The lowest BCUT2D eigenvalue weighted by molar-refractivity contribution is 0.102. The summed E-state index contributed by atoms with van der Waals surface area (Å²) in [6.45, 7) is 6.96. The minimum atomic E-state index is -0.122. The third-order valence-corrected chi connectivity index (χ3v) is 3.30. The van der Waals surface area contributed by atoms with Crippen LogP contribution in [0.3, 0.4) is 0 Å². The number of amides is 1. The van der Waals surface area contributed by atoms with Gasteiger partial charge in [-0.2, -0.15) is 5.10 Å². The zero-order valence-electron chi connectivity index (χ0n) is 13.0. The molecule has 112 valence electrons. The number of nitrogens with zero attached hydrogens (tertiary/aromatic N) is 2. The zero-order valence-corrected chi connectivity index (χ0v) is 13.0. The molecule has 2 N–H and O–H groups in total. The highest BCUT2D eigenvalue weighted by molar-refractivity contribution is 6.04. The molecule has 1 amide bonds. The van der Waals surface area contributed by atoms with Gasteiger partial charge < -0.3 is 10.6 Å². The molecule has 0 atom stereocenters. The molecule has 5 nitrogen and oxygen atoms in total. The summed E-state index contributed by atoms with van der Waals surface area (Å²) in [5, 5.41) is 10.4. The van der Waals surface area contributed by atoms with Crippen LogP contribution in [0.4, 0.5) is 11.5 Å². The Kier molecular flexibility index (Phi) is 4.62. The molecule has 0 fully saturated rings. The van der Waals surface area contributed by atoms with E-state index in [4.69, 9.17) is 0 Å². The summed E-state index contributed by atoms with van der Waals surface area (Å²) in [6, 6.07) is 7.54. The Morgan fingerprint density at radius 3 is 2.62 bits per heavy atom. The molecular weight excluding hydrogens is 264 g/mol. The van der Waals surface area contributed by atoms with E-state index in [1.807, 2.05) is 45.2 Å². The Bertz CT molecular complexity index is 646. The SMILES string of the molecule is CCCNc1ccc(C(=O)Nc2cc(C)nn2C)cc1C. The molecule has 21 heavy (non-hydrogen) atoms. The first-order valence-electron chi connectivity index (χ1n) is 7.17. The maximum atomic E-state index is 12.3. The summed E-state index contributed by atoms with van der Waals surface area (Å²) in [5.41, 5.74) is 3.67. The number of carbonyl (C=O) groups excluding carboxylic acids is 1. The number of benzene rings is 1. The number of nitrogens with one attached hydrogen (secondary N) is 2. The van der Waals surface area contributed by atoms with Gasteiger partial charge in [-0.05, 0) is 44.0 Å². The first-order valence-corrected chi connectivity index (χ1v) is 7.17. The lowest BCUT2D eigenvalue weighted by Crippen LogP contribution is -2.15. The van der Waals surface area contributed by atoms with Crippen LogP contribution in [0.25, 0.3) is 0 Å². The average Bonchev–Trinajstić information content (AvgIpc) is 2.75. The van der Waals surface area contributed by atoms with Crippen molar-refractivity contribution in [2.75, 3.05) is 17.2 Å². The Balaban J connectivity index is 2.12. The summed E-state index contributed by atoms with van der Waals surface area (Å²) >= 11 is 0. The fourth-order valence-corrected chi connectivity index (χ4v) is 2.18. The fraction of sp³-hybridized carbons (Fsp3) is 0.375. The van der Waals surface area contributed by atoms with Crippen molar-refractivity contribution in [2.45, 2.75) is 27.2 Å². The van der Waals surface area contributed by atoms with Crippen LogP contribution in [0.5, 0.6) is 0 Å². The van der Waals surface area contributed by atoms with Crippen LogP contribution in [-0.4, -0.2) is 22.2 Å². The first-order chi connectivity index (χ1) is 10.0. The molecule has 0 bridgehead atoms. The average molecular weight is 286 g/mol. The number of anilines is 2. The Hall–Kier alpha value is -2.30. The highest BCUT2D eigenvalue weighted by Crippen LogP contribution is 2.18. The van der Waals surface area contributed by atoms with Crippen LogP contribution in [-0.2, 0) is 7.05 Å². The van der Waals surface area contributed by atoms with Gasteiger partial charge in [0.15, 0.2) is 0 Å². The van der Waals surface area contributed by atoms with Gasteiger partial charge in [-0.3, -0.25) is 9.48 Å². The van der Waals surface area contributed by atoms with Crippen LogP contribution in [0.2, 0.25) is 0 Å². The van der Waals surface area contributed by atoms with E-state index >= 15 is 0 Å². The molecule has 2 aromatic rings. The van der Waals surface area contributed by atoms with Crippen LogP contribution in [0.15, 0.2) is 24.3 Å². The lowest BCUT2D eigenvalue weighted by Gasteiger charge is -2.11. The Labute approximate surface area is 125 Å². The number of aryl methyl sites for hydroxylation is 3. The van der Waals surface area contributed by atoms with Gasteiger partial charge in [0.1, 0.15) is 5.82 Å². The molecule has 1 aromatic heterocycles. The van der Waals surface area contributed by atoms with E-state index in [1.165, 1.54) is 0 Å². The maximum Gasteiger partial charge on any atom is 0.256 e. The van der Waals surface area contributed by atoms with Crippen molar-refractivity contribution in [3.05, 3.63) is 41.1 Å². The van der Waals surface area contributed by atoms with Crippen LogP contribution < -0.4 is 10.6 Å². The van der Waals surface area contributed by atoms with Gasteiger partial charge in [0.2, 0.25) is 0 Å². The third kappa shape index (κ3) is 3.62. The summed E-state index contributed by atoms with van der Waals surface area (Å²) in [6.07, 6.45) is 1.07. The molecule has 0 unspecified atom stereocenters. The molecule has 5 heteroatoms. The number of aromatic nitrogens is 2. The lowest BCUT2D eigenvalue weighted by atomic mass is 10.1. The van der Waals surface area contributed by atoms with E-state index in [0.29, 0.717) is 11.4 Å².